The molecule has 0 radical (unpaired) electrons. The number of carbonyl (C=O) groups is 3. The van der Waals surface area contributed by atoms with Crippen LogP contribution in [0.3, 0.4) is 0 Å². The highest BCUT2D eigenvalue weighted by molar-refractivity contribution is 6.38. The Hall–Kier alpha value is -2.48. The fourth-order valence-electron chi connectivity index (χ4n) is 6.07. The average molecular weight is 460 g/mol. The molecule has 4 aliphatic rings. The predicted octanol–water partition coefficient (Wildman–Crippen LogP) is 3.56. The first-order valence-electron chi connectivity index (χ1n) is 10.1. The fourth-order valence-corrected chi connectivity index (χ4v) is 6.44. The molecule has 2 aromatic carbocycles. The third-order valence-corrected chi connectivity index (χ3v) is 7.66. The van der Waals surface area contributed by atoms with E-state index in [2.05, 4.69) is 5.32 Å². The van der Waals surface area contributed by atoms with Crippen LogP contribution < -0.4 is 10.2 Å². The summed E-state index contributed by atoms with van der Waals surface area (Å²) in [5, 5.41) is 3.36. The van der Waals surface area contributed by atoms with Gasteiger partial charge >= 0.3 is 0 Å². The number of benzene rings is 2. The zero-order valence-electron chi connectivity index (χ0n) is 16.1. The van der Waals surface area contributed by atoms with Gasteiger partial charge < -0.3 is 5.32 Å². The van der Waals surface area contributed by atoms with E-state index in [1.807, 2.05) is 4.90 Å². The molecule has 0 bridgehead atoms. The van der Waals surface area contributed by atoms with E-state index in [0.717, 1.165) is 11.3 Å². The van der Waals surface area contributed by atoms with Crippen molar-refractivity contribution in [2.45, 2.75) is 24.4 Å². The van der Waals surface area contributed by atoms with Crippen LogP contribution in [0.25, 0.3) is 0 Å². The molecule has 6 nitrogen and oxygen atoms in total. The second-order valence-electron chi connectivity index (χ2n) is 8.42. The molecule has 3 amide bonds. The van der Waals surface area contributed by atoms with Gasteiger partial charge in [0.1, 0.15) is 11.4 Å². The summed E-state index contributed by atoms with van der Waals surface area (Å²) < 4.78 is 14.3. The van der Waals surface area contributed by atoms with E-state index in [0.29, 0.717) is 29.2 Å². The molecule has 31 heavy (non-hydrogen) atoms. The first-order chi connectivity index (χ1) is 14.9. The van der Waals surface area contributed by atoms with Gasteiger partial charge in [0, 0.05) is 22.3 Å². The van der Waals surface area contributed by atoms with Gasteiger partial charge in [0.05, 0.1) is 22.5 Å². The molecule has 158 valence electrons. The average Bonchev–Trinajstić information content (AvgIpc) is 3.43. The number of hydrogen-bond acceptors (Lipinski definition) is 4. The van der Waals surface area contributed by atoms with Crippen LogP contribution in [0.2, 0.25) is 10.0 Å². The second-order valence-corrected chi connectivity index (χ2v) is 9.27. The molecule has 4 heterocycles. The molecule has 9 heteroatoms. The van der Waals surface area contributed by atoms with Gasteiger partial charge in [-0.25, -0.2) is 9.29 Å². The predicted molar refractivity (Wildman–Crippen MR) is 112 cm³/mol. The summed E-state index contributed by atoms with van der Waals surface area (Å²) in [7, 11) is 0. The van der Waals surface area contributed by atoms with Gasteiger partial charge in [0.25, 0.3) is 0 Å². The van der Waals surface area contributed by atoms with Crippen LogP contribution in [0.15, 0.2) is 36.4 Å². The van der Waals surface area contributed by atoms with Crippen molar-refractivity contribution >= 4 is 52.3 Å². The van der Waals surface area contributed by atoms with Crippen LogP contribution in [0.5, 0.6) is 0 Å². The zero-order chi connectivity index (χ0) is 21.7. The van der Waals surface area contributed by atoms with Crippen molar-refractivity contribution in [1.82, 2.24) is 4.90 Å². The number of nitrogens with zero attached hydrogens (tertiary/aromatic N) is 2. The molecule has 0 aromatic heterocycles. The van der Waals surface area contributed by atoms with Gasteiger partial charge in [-0.05, 0) is 55.8 Å². The second kappa shape index (κ2) is 6.28. The SMILES string of the molecule is O=C1[C@@H]2[C@H]3CCCN3[C@@]3(C(=O)Nc4ccc(F)cc43)[C@@H]2C(=O)N1c1cc(Cl)ccc1Cl. The Morgan fingerprint density at radius 2 is 1.87 bits per heavy atom. The van der Waals surface area contributed by atoms with Crippen LogP contribution in [0, 0.1) is 17.7 Å². The number of carbonyl (C=O) groups excluding carboxylic acids is 3. The van der Waals surface area contributed by atoms with Gasteiger partial charge in [-0.15, -0.1) is 0 Å². The molecule has 3 saturated heterocycles. The number of nitrogens with one attached hydrogen (secondary N) is 1. The molecule has 4 aliphatic heterocycles. The summed E-state index contributed by atoms with van der Waals surface area (Å²) >= 11 is 12.4. The molecular formula is C22H16Cl2FN3O3. The van der Waals surface area contributed by atoms with Gasteiger partial charge in [-0.1, -0.05) is 23.2 Å². The molecule has 2 aromatic rings. The Morgan fingerprint density at radius 1 is 1.06 bits per heavy atom. The Morgan fingerprint density at radius 3 is 2.68 bits per heavy atom. The summed E-state index contributed by atoms with van der Waals surface area (Å²) in [5.41, 5.74) is -0.332. The van der Waals surface area contributed by atoms with Gasteiger partial charge in [-0.2, -0.15) is 0 Å². The molecule has 1 spiro atoms. The van der Waals surface area contributed by atoms with E-state index in [1.54, 1.807) is 6.07 Å². The fraction of sp³-hybridized carbons (Fsp3) is 0.318. The lowest BCUT2D eigenvalue weighted by Crippen LogP contribution is -2.54. The summed E-state index contributed by atoms with van der Waals surface area (Å²) in [6.07, 6.45) is 1.46. The lowest BCUT2D eigenvalue weighted by molar-refractivity contribution is -0.135. The van der Waals surface area contributed by atoms with Crippen LogP contribution in [0.1, 0.15) is 18.4 Å². The van der Waals surface area contributed by atoms with Gasteiger partial charge in [0.15, 0.2) is 0 Å². The minimum atomic E-state index is -1.42. The van der Waals surface area contributed by atoms with E-state index < -0.39 is 40.9 Å². The highest BCUT2D eigenvalue weighted by atomic mass is 35.5. The monoisotopic (exact) mass is 459 g/mol. The molecular weight excluding hydrogens is 444 g/mol. The molecule has 3 fully saturated rings. The Kier molecular flexibility index (Phi) is 3.89. The number of anilines is 2. The molecule has 0 saturated carbocycles. The lowest BCUT2D eigenvalue weighted by Gasteiger charge is -2.36. The number of imide groups is 1. The zero-order valence-corrected chi connectivity index (χ0v) is 17.6. The molecule has 0 aliphatic carbocycles. The van der Waals surface area contributed by atoms with Crippen molar-refractivity contribution in [1.29, 1.82) is 0 Å². The molecule has 4 atom stereocenters. The van der Waals surface area contributed by atoms with Crippen molar-refractivity contribution in [2.24, 2.45) is 11.8 Å². The quantitative estimate of drug-likeness (QED) is 0.661. The van der Waals surface area contributed by atoms with E-state index in [4.69, 9.17) is 23.2 Å². The van der Waals surface area contributed by atoms with Crippen molar-refractivity contribution < 1.29 is 18.8 Å². The molecule has 6 rings (SSSR count). The number of fused-ring (bicyclic) bond motifs is 7. The van der Waals surface area contributed by atoms with Crippen LogP contribution >= 0.6 is 23.2 Å². The minimum absolute atomic E-state index is 0.205. The Bertz CT molecular complexity index is 1200. The summed E-state index contributed by atoms with van der Waals surface area (Å²) in [4.78, 5) is 43.9. The normalized spacial score (nSPS) is 31.4. The van der Waals surface area contributed by atoms with Crippen LogP contribution in [-0.2, 0) is 19.9 Å². The maximum atomic E-state index is 14.3. The number of halogens is 3. The van der Waals surface area contributed by atoms with Crippen molar-refractivity contribution in [3.63, 3.8) is 0 Å². The van der Waals surface area contributed by atoms with Gasteiger partial charge in [0.2, 0.25) is 17.7 Å². The Labute approximate surface area is 186 Å². The van der Waals surface area contributed by atoms with E-state index in [1.165, 1.54) is 30.3 Å². The van der Waals surface area contributed by atoms with Crippen molar-refractivity contribution in [3.05, 3.63) is 57.8 Å². The smallest absolute Gasteiger partial charge is 0.250 e. The van der Waals surface area contributed by atoms with Crippen molar-refractivity contribution in [3.8, 4) is 0 Å². The summed E-state index contributed by atoms with van der Waals surface area (Å²) in [5.74, 6) is -3.49. The first kappa shape index (κ1) is 19.2. The third-order valence-electron chi connectivity index (χ3n) is 7.10. The topological polar surface area (TPSA) is 69.7 Å². The van der Waals surface area contributed by atoms with E-state index >= 15 is 0 Å². The van der Waals surface area contributed by atoms with Crippen LogP contribution in [-0.4, -0.2) is 35.2 Å². The highest BCUT2D eigenvalue weighted by Gasteiger charge is 2.74. The number of rotatable bonds is 1. The summed E-state index contributed by atoms with van der Waals surface area (Å²) in [6.45, 7) is 0.555. The lowest BCUT2D eigenvalue weighted by atomic mass is 9.75. The number of hydrogen-bond donors (Lipinski definition) is 1. The molecule has 1 N–H and O–H groups in total. The van der Waals surface area contributed by atoms with E-state index in [9.17, 15) is 18.8 Å². The van der Waals surface area contributed by atoms with Crippen molar-refractivity contribution in [2.75, 3.05) is 16.8 Å². The van der Waals surface area contributed by atoms with Gasteiger partial charge in [-0.3, -0.25) is 19.3 Å². The first-order valence-corrected chi connectivity index (χ1v) is 10.8. The number of amides is 3. The summed E-state index contributed by atoms with van der Waals surface area (Å²) in [6, 6.07) is 8.36. The van der Waals surface area contributed by atoms with Crippen LogP contribution in [0.4, 0.5) is 15.8 Å². The maximum Gasteiger partial charge on any atom is 0.250 e. The van der Waals surface area contributed by atoms with E-state index in [-0.39, 0.29) is 16.8 Å². The molecule has 0 unspecified atom stereocenters. The largest absolute Gasteiger partial charge is 0.324 e. The maximum absolute atomic E-state index is 14.3. The standard InChI is InChI=1S/C22H16Cl2FN3O3/c23-10-3-5-13(24)16(8-10)28-19(29)17-15-2-1-7-27(15)22(18(17)20(28)30)12-9-11(25)4-6-14(12)26-21(22)31/h3-6,8-9,15,17-18H,1-2,7H2,(H,26,31)/t15-,17-,18+,22-/m1/s1. The highest BCUT2D eigenvalue weighted by Crippen LogP contribution is 2.61. The third kappa shape index (κ3) is 2.24. The minimum Gasteiger partial charge on any atom is -0.324 e. The Balaban J connectivity index is 1.58.